The van der Waals surface area contributed by atoms with Gasteiger partial charge in [-0.3, -0.25) is 9.59 Å². The van der Waals surface area contributed by atoms with Crippen LogP contribution < -0.4 is 10.6 Å². The fourth-order valence-electron chi connectivity index (χ4n) is 4.00. The first kappa shape index (κ1) is 23.9. The lowest BCUT2D eigenvalue weighted by atomic mass is 9.98. The van der Waals surface area contributed by atoms with Crippen molar-refractivity contribution < 1.29 is 33.5 Å². The largest absolute Gasteiger partial charge is 0.481 e. The Bertz CT molecular complexity index is 1180. The molecule has 182 valence electrons. The molecular formula is C24H24N4O7. The summed E-state index contributed by atoms with van der Waals surface area (Å²) in [5.74, 6) is -1.74. The van der Waals surface area contributed by atoms with E-state index >= 15 is 0 Å². The molecule has 11 heteroatoms. The summed E-state index contributed by atoms with van der Waals surface area (Å²) >= 11 is 0. The first-order chi connectivity index (χ1) is 17.0. The van der Waals surface area contributed by atoms with Gasteiger partial charge in [-0.05, 0) is 22.3 Å². The number of hydrogen-bond acceptors (Lipinski definition) is 8. The number of carbonyl (C=O) groups is 3. The molecule has 1 aromatic heterocycles. The number of aliphatic carboxylic acids is 1. The van der Waals surface area contributed by atoms with E-state index in [-0.39, 0.29) is 37.4 Å². The average Bonchev–Trinajstić information content (AvgIpc) is 3.43. The third kappa shape index (κ3) is 5.64. The Kier molecular flexibility index (Phi) is 7.36. The van der Waals surface area contributed by atoms with Gasteiger partial charge in [-0.1, -0.05) is 53.7 Å². The molecule has 11 nitrogen and oxygen atoms in total. The van der Waals surface area contributed by atoms with E-state index in [0.29, 0.717) is 0 Å². The highest BCUT2D eigenvalue weighted by atomic mass is 16.5. The fourth-order valence-corrected chi connectivity index (χ4v) is 4.00. The monoisotopic (exact) mass is 480 g/mol. The van der Waals surface area contributed by atoms with Gasteiger partial charge in [-0.2, -0.15) is 4.98 Å². The number of rotatable bonds is 10. The molecule has 0 spiro atoms. The second kappa shape index (κ2) is 10.8. The summed E-state index contributed by atoms with van der Waals surface area (Å²) in [6.45, 7) is 0.0346. The summed E-state index contributed by atoms with van der Waals surface area (Å²) in [7, 11) is 1.47. The van der Waals surface area contributed by atoms with E-state index in [1.807, 2.05) is 48.5 Å². The number of fused-ring (bicyclic) bond motifs is 3. The Morgan fingerprint density at radius 2 is 1.74 bits per heavy atom. The number of alkyl carbamates (subject to hydrolysis) is 1. The van der Waals surface area contributed by atoms with Crippen molar-refractivity contribution in [1.82, 2.24) is 20.8 Å². The van der Waals surface area contributed by atoms with Gasteiger partial charge in [0.25, 0.3) is 5.89 Å². The number of carboxylic acids is 1. The molecule has 1 heterocycles. The maximum absolute atomic E-state index is 12.6. The number of nitrogens with one attached hydrogen (secondary N) is 2. The molecule has 0 bridgehead atoms. The Labute approximate surface area is 200 Å². The van der Waals surface area contributed by atoms with E-state index in [0.717, 1.165) is 22.3 Å². The Morgan fingerprint density at radius 3 is 2.37 bits per heavy atom. The van der Waals surface area contributed by atoms with Gasteiger partial charge in [-0.25, -0.2) is 4.79 Å². The lowest BCUT2D eigenvalue weighted by Gasteiger charge is -2.18. The van der Waals surface area contributed by atoms with E-state index in [4.69, 9.17) is 14.0 Å². The molecule has 0 saturated carbocycles. The zero-order valence-corrected chi connectivity index (χ0v) is 18.9. The van der Waals surface area contributed by atoms with Crippen molar-refractivity contribution in [2.45, 2.75) is 31.5 Å². The van der Waals surface area contributed by atoms with Crippen LogP contribution in [0.4, 0.5) is 4.79 Å². The minimum absolute atomic E-state index is 0.0341. The van der Waals surface area contributed by atoms with Crippen molar-refractivity contribution in [2.75, 3.05) is 13.7 Å². The summed E-state index contributed by atoms with van der Waals surface area (Å²) in [5, 5.41) is 17.7. The van der Waals surface area contributed by atoms with Gasteiger partial charge in [0.1, 0.15) is 19.3 Å². The number of carboxylic acid groups (broad SMARTS) is 1. The SMILES string of the molecule is COCc1nc(CNC(=O)C(CC(=O)O)NC(=O)OCC2c3ccccc3-c3ccccc32)no1. The zero-order chi connectivity index (χ0) is 24.8. The van der Waals surface area contributed by atoms with Crippen LogP contribution in [0.25, 0.3) is 11.1 Å². The molecule has 1 atom stereocenters. The van der Waals surface area contributed by atoms with Gasteiger partial charge in [0.2, 0.25) is 5.91 Å². The number of amides is 2. The van der Waals surface area contributed by atoms with Crippen LogP contribution in [0.3, 0.4) is 0 Å². The van der Waals surface area contributed by atoms with Gasteiger partial charge < -0.3 is 29.7 Å². The summed E-state index contributed by atoms with van der Waals surface area (Å²) in [6, 6.07) is 14.4. The molecule has 2 amide bonds. The van der Waals surface area contributed by atoms with Gasteiger partial charge in [0.05, 0.1) is 13.0 Å². The minimum Gasteiger partial charge on any atom is -0.481 e. The molecular weight excluding hydrogens is 456 g/mol. The van der Waals surface area contributed by atoms with Crippen LogP contribution in [-0.2, 0) is 32.2 Å². The minimum atomic E-state index is -1.35. The molecule has 35 heavy (non-hydrogen) atoms. The molecule has 2 aromatic carbocycles. The van der Waals surface area contributed by atoms with E-state index in [2.05, 4.69) is 20.8 Å². The highest BCUT2D eigenvalue weighted by Crippen LogP contribution is 2.44. The molecule has 1 aliphatic rings. The predicted molar refractivity (Wildman–Crippen MR) is 121 cm³/mol. The lowest BCUT2D eigenvalue weighted by molar-refractivity contribution is -0.139. The maximum atomic E-state index is 12.6. The number of ether oxygens (including phenoxy) is 2. The smallest absolute Gasteiger partial charge is 0.407 e. The quantitative estimate of drug-likeness (QED) is 0.396. The molecule has 0 fully saturated rings. The maximum Gasteiger partial charge on any atom is 0.407 e. The molecule has 3 aromatic rings. The number of nitrogens with zero attached hydrogens (tertiary/aromatic N) is 2. The van der Waals surface area contributed by atoms with E-state index in [1.165, 1.54) is 7.11 Å². The number of aromatic nitrogens is 2. The standard InChI is InChI=1S/C24H24N4O7/c1-33-13-21-27-20(28-35-21)11-25-23(31)19(10-22(29)30)26-24(32)34-12-18-16-8-4-2-6-14(16)15-7-3-5-9-17(15)18/h2-9,18-19H,10-13H2,1H3,(H,25,31)(H,26,32)(H,29,30). The van der Waals surface area contributed by atoms with E-state index in [1.54, 1.807) is 0 Å². The second-order valence-corrected chi connectivity index (χ2v) is 7.88. The normalized spacial score (nSPS) is 12.9. The molecule has 0 aliphatic heterocycles. The summed E-state index contributed by atoms with van der Waals surface area (Å²) in [5.41, 5.74) is 4.23. The number of methoxy groups -OCH3 is 1. The summed E-state index contributed by atoms with van der Waals surface area (Å²) in [6.07, 6.45) is -1.52. The molecule has 1 aliphatic carbocycles. The van der Waals surface area contributed by atoms with Crippen LogP contribution in [0.1, 0.15) is 35.2 Å². The third-order valence-electron chi connectivity index (χ3n) is 5.53. The van der Waals surface area contributed by atoms with Crippen molar-refractivity contribution in [1.29, 1.82) is 0 Å². The van der Waals surface area contributed by atoms with Crippen LogP contribution in [0.2, 0.25) is 0 Å². The zero-order valence-electron chi connectivity index (χ0n) is 18.9. The Balaban J connectivity index is 1.36. The highest BCUT2D eigenvalue weighted by Gasteiger charge is 2.30. The van der Waals surface area contributed by atoms with Crippen molar-refractivity contribution in [3.05, 3.63) is 71.4 Å². The predicted octanol–water partition coefficient (Wildman–Crippen LogP) is 2.21. The molecule has 0 saturated heterocycles. The fraction of sp³-hybridized carbons (Fsp3) is 0.292. The Morgan fingerprint density at radius 1 is 1.09 bits per heavy atom. The summed E-state index contributed by atoms with van der Waals surface area (Å²) < 4.78 is 15.2. The number of hydrogen-bond donors (Lipinski definition) is 3. The van der Waals surface area contributed by atoms with Gasteiger partial charge in [0.15, 0.2) is 5.82 Å². The van der Waals surface area contributed by atoms with Crippen LogP contribution >= 0.6 is 0 Å². The molecule has 3 N–H and O–H groups in total. The van der Waals surface area contributed by atoms with Crippen molar-refractivity contribution in [2.24, 2.45) is 0 Å². The van der Waals surface area contributed by atoms with E-state index < -0.39 is 30.4 Å². The first-order valence-electron chi connectivity index (χ1n) is 10.9. The van der Waals surface area contributed by atoms with Crippen molar-refractivity contribution in [3.63, 3.8) is 0 Å². The second-order valence-electron chi connectivity index (χ2n) is 7.88. The highest BCUT2D eigenvalue weighted by molar-refractivity contribution is 5.89. The van der Waals surface area contributed by atoms with Crippen LogP contribution in [0.5, 0.6) is 0 Å². The molecule has 0 radical (unpaired) electrons. The molecule has 1 unspecified atom stereocenters. The number of carbonyl (C=O) groups excluding carboxylic acids is 2. The van der Waals surface area contributed by atoms with Crippen LogP contribution in [0.15, 0.2) is 53.1 Å². The average molecular weight is 480 g/mol. The Hall–Kier alpha value is -4.25. The van der Waals surface area contributed by atoms with Gasteiger partial charge >= 0.3 is 12.1 Å². The lowest BCUT2D eigenvalue weighted by Crippen LogP contribution is -2.48. The van der Waals surface area contributed by atoms with Crippen molar-refractivity contribution in [3.8, 4) is 11.1 Å². The summed E-state index contributed by atoms with van der Waals surface area (Å²) in [4.78, 5) is 40.3. The molecule has 4 rings (SSSR count). The van der Waals surface area contributed by atoms with E-state index in [9.17, 15) is 19.5 Å². The first-order valence-corrected chi connectivity index (χ1v) is 10.9. The van der Waals surface area contributed by atoms with Gasteiger partial charge in [0, 0.05) is 13.0 Å². The van der Waals surface area contributed by atoms with Crippen LogP contribution in [-0.4, -0.2) is 53.0 Å². The number of benzene rings is 2. The van der Waals surface area contributed by atoms with Crippen LogP contribution in [0, 0.1) is 0 Å². The third-order valence-corrected chi connectivity index (χ3v) is 5.53. The topological polar surface area (TPSA) is 153 Å². The van der Waals surface area contributed by atoms with Crippen molar-refractivity contribution >= 4 is 18.0 Å². The van der Waals surface area contributed by atoms with Gasteiger partial charge in [-0.15, -0.1) is 0 Å².